The number of oxazole rings is 1. The molecule has 1 fully saturated rings. The van der Waals surface area contributed by atoms with Gasteiger partial charge in [-0.3, -0.25) is 0 Å². The van der Waals surface area contributed by atoms with Gasteiger partial charge >= 0.3 is 0 Å². The van der Waals surface area contributed by atoms with Crippen LogP contribution in [0, 0.1) is 11.8 Å². The zero-order valence-electron chi connectivity index (χ0n) is 11.4. The number of rotatable bonds is 4. The van der Waals surface area contributed by atoms with Gasteiger partial charge in [0.15, 0.2) is 12.0 Å². The van der Waals surface area contributed by atoms with Crippen LogP contribution in [0.25, 0.3) is 11.1 Å². The minimum Gasteiger partial charge on any atom is -0.443 e. The summed E-state index contributed by atoms with van der Waals surface area (Å²) in [5.74, 6) is 0.945. The van der Waals surface area contributed by atoms with Gasteiger partial charge in [-0.15, -0.1) is 0 Å². The quantitative estimate of drug-likeness (QED) is 0.916. The Morgan fingerprint density at radius 1 is 1.37 bits per heavy atom. The Morgan fingerprint density at radius 3 is 2.74 bits per heavy atom. The predicted molar refractivity (Wildman–Crippen MR) is 73.9 cm³/mol. The first-order valence-electron chi connectivity index (χ1n) is 6.79. The summed E-state index contributed by atoms with van der Waals surface area (Å²) in [6.45, 7) is 6.62. The largest absolute Gasteiger partial charge is 0.443 e. The highest BCUT2D eigenvalue weighted by atomic mass is 16.5. The summed E-state index contributed by atoms with van der Waals surface area (Å²) in [6, 6.07) is 6.25. The zero-order chi connectivity index (χ0) is 13.5. The van der Waals surface area contributed by atoms with E-state index >= 15 is 0 Å². The van der Waals surface area contributed by atoms with E-state index in [2.05, 4.69) is 31.0 Å². The van der Waals surface area contributed by atoms with Gasteiger partial charge in [0.1, 0.15) is 5.52 Å². The van der Waals surface area contributed by atoms with Crippen molar-refractivity contribution in [2.24, 2.45) is 17.6 Å². The van der Waals surface area contributed by atoms with Crippen LogP contribution in [0.5, 0.6) is 0 Å². The van der Waals surface area contributed by atoms with E-state index in [9.17, 15) is 0 Å². The van der Waals surface area contributed by atoms with Crippen molar-refractivity contribution in [1.29, 1.82) is 0 Å². The van der Waals surface area contributed by atoms with Crippen LogP contribution in [0.2, 0.25) is 0 Å². The third kappa shape index (κ3) is 1.86. The first-order chi connectivity index (χ1) is 9.17. The fourth-order valence-corrected chi connectivity index (χ4v) is 3.22. The van der Waals surface area contributed by atoms with Gasteiger partial charge in [0.2, 0.25) is 0 Å². The van der Waals surface area contributed by atoms with Gasteiger partial charge in [-0.1, -0.05) is 19.9 Å². The molecule has 1 aliphatic heterocycles. The Morgan fingerprint density at radius 2 is 2.16 bits per heavy atom. The normalized spacial score (nSPS) is 19.6. The van der Waals surface area contributed by atoms with Crippen molar-refractivity contribution in [2.45, 2.75) is 19.3 Å². The molecule has 2 N–H and O–H groups in total. The fourth-order valence-electron chi connectivity index (χ4n) is 3.22. The number of hydrogen-bond donors (Lipinski definition) is 1. The minimum atomic E-state index is 0.0316. The number of fused-ring (bicyclic) bond motifs is 1. The maximum atomic E-state index is 6.01. The third-order valence-electron chi connectivity index (χ3n) is 4.39. The lowest BCUT2D eigenvalue weighted by molar-refractivity contribution is -0.0981. The number of ether oxygens (including phenoxy) is 1. The Hall–Kier alpha value is -1.39. The highest BCUT2D eigenvalue weighted by molar-refractivity contribution is 5.73. The molecule has 1 saturated heterocycles. The van der Waals surface area contributed by atoms with Crippen LogP contribution in [0.3, 0.4) is 0 Å². The van der Waals surface area contributed by atoms with Crippen LogP contribution in [0.15, 0.2) is 29.0 Å². The summed E-state index contributed by atoms with van der Waals surface area (Å²) in [6.07, 6.45) is 1.49. The van der Waals surface area contributed by atoms with Crippen LogP contribution >= 0.6 is 0 Å². The Kier molecular flexibility index (Phi) is 3.07. The number of benzene rings is 1. The van der Waals surface area contributed by atoms with Gasteiger partial charge in [-0.2, -0.15) is 0 Å². The Bertz CT molecular complexity index is 572. The fraction of sp³-hybridized carbons (Fsp3) is 0.533. The van der Waals surface area contributed by atoms with Gasteiger partial charge in [-0.05, 0) is 36.1 Å². The molecule has 2 aromatic rings. The van der Waals surface area contributed by atoms with E-state index in [0.717, 1.165) is 24.3 Å². The first-order valence-corrected chi connectivity index (χ1v) is 6.79. The summed E-state index contributed by atoms with van der Waals surface area (Å²) >= 11 is 0. The second kappa shape index (κ2) is 4.62. The molecule has 4 heteroatoms. The molecular weight excluding hydrogens is 240 g/mol. The maximum absolute atomic E-state index is 6.01. The summed E-state index contributed by atoms with van der Waals surface area (Å²) < 4.78 is 10.9. The topological polar surface area (TPSA) is 61.3 Å². The van der Waals surface area contributed by atoms with E-state index in [0.29, 0.717) is 18.4 Å². The summed E-state index contributed by atoms with van der Waals surface area (Å²) in [5, 5.41) is 0. The molecule has 0 aliphatic carbocycles. The number of nitrogens with two attached hydrogens (primary N) is 1. The van der Waals surface area contributed by atoms with Gasteiger partial charge in [0.25, 0.3) is 0 Å². The number of nitrogens with zero attached hydrogens (tertiary/aromatic N) is 1. The van der Waals surface area contributed by atoms with E-state index in [-0.39, 0.29) is 5.41 Å². The van der Waals surface area contributed by atoms with Crippen LogP contribution in [-0.4, -0.2) is 24.7 Å². The zero-order valence-corrected chi connectivity index (χ0v) is 11.4. The maximum Gasteiger partial charge on any atom is 0.181 e. The molecule has 2 heterocycles. The van der Waals surface area contributed by atoms with E-state index in [1.54, 1.807) is 0 Å². The van der Waals surface area contributed by atoms with Gasteiger partial charge in [0, 0.05) is 5.41 Å². The van der Waals surface area contributed by atoms with Crippen molar-refractivity contribution >= 4 is 11.1 Å². The Balaban J connectivity index is 2.05. The van der Waals surface area contributed by atoms with E-state index in [4.69, 9.17) is 14.9 Å². The van der Waals surface area contributed by atoms with Crippen molar-refractivity contribution < 1.29 is 9.15 Å². The SMILES string of the molecule is CC(C)C(CN)C1(c2ccc3ncoc3c2)COC1. The van der Waals surface area contributed by atoms with Crippen molar-refractivity contribution in [3.05, 3.63) is 30.2 Å². The molecule has 1 aromatic heterocycles. The average Bonchev–Trinajstić information content (AvgIpc) is 2.79. The molecular formula is C15H20N2O2. The molecule has 0 saturated carbocycles. The molecule has 0 radical (unpaired) electrons. The standard InChI is InChI=1S/C15H20N2O2/c1-10(2)12(6-16)15(7-18-8-15)11-3-4-13-14(5-11)19-9-17-13/h3-5,9-10,12H,6-8,16H2,1-2H3. The number of hydrogen-bond acceptors (Lipinski definition) is 4. The molecule has 3 rings (SSSR count). The second-order valence-corrected chi connectivity index (χ2v) is 5.77. The molecule has 102 valence electrons. The molecule has 0 spiro atoms. The number of aromatic nitrogens is 1. The van der Waals surface area contributed by atoms with E-state index in [1.165, 1.54) is 12.0 Å². The molecule has 1 aromatic carbocycles. The van der Waals surface area contributed by atoms with E-state index < -0.39 is 0 Å². The summed E-state index contributed by atoms with van der Waals surface area (Å²) in [4.78, 5) is 4.16. The van der Waals surface area contributed by atoms with Crippen LogP contribution in [0.4, 0.5) is 0 Å². The minimum absolute atomic E-state index is 0.0316. The lowest BCUT2D eigenvalue weighted by Crippen LogP contribution is -2.56. The van der Waals surface area contributed by atoms with Crippen molar-refractivity contribution in [3.8, 4) is 0 Å². The van der Waals surface area contributed by atoms with Crippen LogP contribution < -0.4 is 5.73 Å². The first kappa shape index (κ1) is 12.6. The molecule has 19 heavy (non-hydrogen) atoms. The smallest absolute Gasteiger partial charge is 0.181 e. The summed E-state index contributed by atoms with van der Waals surface area (Å²) in [7, 11) is 0. The lowest BCUT2D eigenvalue weighted by atomic mass is 9.64. The summed E-state index contributed by atoms with van der Waals surface area (Å²) in [5.41, 5.74) is 9.03. The third-order valence-corrected chi connectivity index (χ3v) is 4.39. The molecule has 0 bridgehead atoms. The van der Waals surface area contributed by atoms with Crippen LogP contribution in [-0.2, 0) is 10.2 Å². The van der Waals surface area contributed by atoms with Crippen LogP contribution in [0.1, 0.15) is 19.4 Å². The highest BCUT2D eigenvalue weighted by Crippen LogP contribution is 2.43. The monoisotopic (exact) mass is 260 g/mol. The molecule has 1 atom stereocenters. The van der Waals surface area contributed by atoms with E-state index in [1.807, 2.05) is 6.07 Å². The predicted octanol–water partition coefficient (Wildman–Crippen LogP) is 2.33. The lowest BCUT2D eigenvalue weighted by Gasteiger charge is -2.49. The molecule has 1 unspecified atom stereocenters. The molecule has 4 nitrogen and oxygen atoms in total. The van der Waals surface area contributed by atoms with Crippen molar-refractivity contribution in [1.82, 2.24) is 4.98 Å². The van der Waals surface area contributed by atoms with Gasteiger partial charge < -0.3 is 14.9 Å². The van der Waals surface area contributed by atoms with Gasteiger partial charge in [0.05, 0.1) is 13.2 Å². The highest BCUT2D eigenvalue weighted by Gasteiger charge is 2.47. The Labute approximate surface area is 112 Å². The van der Waals surface area contributed by atoms with Gasteiger partial charge in [-0.25, -0.2) is 4.98 Å². The van der Waals surface area contributed by atoms with Crippen molar-refractivity contribution in [3.63, 3.8) is 0 Å². The second-order valence-electron chi connectivity index (χ2n) is 5.77. The molecule has 1 aliphatic rings. The molecule has 0 amide bonds. The van der Waals surface area contributed by atoms with Crippen molar-refractivity contribution in [2.75, 3.05) is 19.8 Å². The average molecular weight is 260 g/mol.